The van der Waals surface area contributed by atoms with Crippen molar-refractivity contribution in [2.24, 2.45) is 0 Å². The summed E-state index contributed by atoms with van der Waals surface area (Å²) in [6.07, 6.45) is -10.0. The minimum atomic E-state index is -5.03. The number of carboxylic acids is 1. The first-order valence-electron chi connectivity index (χ1n) is 6.87. The number of carboxylic acid groups (broad SMARTS) is 1. The zero-order chi connectivity index (χ0) is 18.6. The van der Waals surface area contributed by atoms with Crippen LogP contribution in [0.3, 0.4) is 0 Å². The van der Waals surface area contributed by atoms with E-state index in [0.29, 0.717) is 6.07 Å². The molecular weight excluding hydrogens is 350 g/mol. The van der Waals surface area contributed by atoms with Crippen molar-refractivity contribution in [1.82, 2.24) is 0 Å². The summed E-state index contributed by atoms with van der Waals surface area (Å²) in [5, 5.41) is 8.32. The first-order chi connectivity index (χ1) is 11.5. The van der Waals surface area contributed by atoms with Gasteiger partial charge < -0.3 is 5.11 Å². The number of carbonyl (C=O) groups is 1. The van der Waals surface area contributed by atoms with Crippen molar-refractivity contribution < 1.29 is 36.2 Å². The number of benzene rings is 3. The van der Waals surface area contributed by atoms with Crippen molar-refractivity contribution in [1.29, 1.82) is 0 Å². The highest BCUT2D eigenvalue weighted by atomic mass is 19.4. The summed E-state index contributed by atoms with van der Waals surface area (Å²) < 4.78 is 79.1. The van der Waals surface area contributed by atoms with Crippen molar-refractivity contribution in [3.05, 3.63) is 59.2 Å². The van der Waals surface area contributed by atoms with Gasteiger partial charge in [-0.05, 0) is 34.4 Å². The Morgan fingerprint density at radius 1 is 0.840 bits per heavy atom. The van der Waals surface area contributed by atoms with Crippen molar-refractivity contribution in [3.63, 3.8) is 0 Å². The van der Waals surface area contributed by atoms with E-state index in [0.717, 1.165) is 6.07 Å². The van der Waals surface area contributed by atoms with Gasteiger partial charge >= 0.3 is 18.3 Å². The fourth-order valence-electron chi connectivity index (χ4n) is 2.81. The molecule has 0 aliphatic rings. The van der Waals surface area contributed by atoms with Crippen LogP contribution in [-0.2, 0) is 12.4 Å². The molecule has 0 spiro atoms. The van der Waals surface area contributed by atoms with Crippen LogP contribution in [0.15, 0.2) is 42.5 Å². The molecule has 130 valence electrons. The number of aromatic carboxylic acids is 1. The van der Waals surface area contributed by atoms with Gasteiger partial charge in [-0.25, -0.2) is 4.79 Å². The first-order valence-corrected chi connectivity index (χ1v) is 6.87. The molecule has 0 saturated heterocycles. The minimum absolute atomic E-state index is 0.0211. The number of hydrogen-bond acceptors (Lipinski definition) is 1. The largest absolute Gasteiger partial charge is 0.478 e. The second-order valence-electron chi connectivity index (χ2n) is 5.39. The van der Waals surface area contributed by atoms with E-state index in [9.17, 15) is 36.2 Å². The lowest BCUT2D eigenvalue weighted by atomic mass is 9.92. The first kappa shape index (κ1) is 17.1. The van der Waals surface area contributed by atoms with Crippen LogP contribution >= 0.6 is 0 Å². The zero-order valence-electron chi connectivity index (χ0n) is 12.2. The molecule has 0 atom stereocenters. The molecule has 0 radical (unpaired) electrons. The topological polar surface area (TPSA) is 37.3 Å². The van der Waals surface area contributed by atoms with Crippen LogP contribution in [0.1, 0.15) is 21.5 Å². The van der Waals surface area contributed by atoms with Gasteiger partial charge in [-0.3, -0.25) is 0 Å². The normalized spacial score (nSPS) is 12.7. The highest BCUT2D eigenvalue weighted by Gasteiger charge is 2.38. The minimum Gasteiger partial charge on any atom is -0.478 e. The van der Waals surface area contributed by atoms with Gasteiger partial charge in [0.15, 0.2) is 0 Å². The molecule has 0 aromatic heterocycles. The van der Waals surface area contributed by atoms with Crippen LogP contribution in [0.5, 0.6) is 0 Å². The van der Waals surface area contributed by atoms with E-state index < -0.39 is 40.2 Å². The van der Waals surface area contributed by atoms with Gasteiger partial charge in [0.25, 0.3) is 0 Å². The summed E-state index contributed by atoms with van der Waals surface area (Å²) in [7, 11) is 0. The molecule has 3 aromatic rings. The number of rotatable bonds is 1. The molecule has 25 heavy (non-hydrogen) atoms. The zero-order valence-corrected chi connectivity index (χ0v) is 12.2. The Bertz CT molecular complexity index is 1000. The molecule has 3 rings (SSSR count). The molecule has 0 fully saturated rings. The number of halogens is 6. The predicted octanol–water partition coefficient (Wildman–Crippen LogP) is 5.73. The van der Waals surface area contributed by atoms with Crippen LogP contribution in [-0.4, -0.2) is 11.1 Å². The summed E-state index contributed by atoms with van der Waals surface area (Å²) in [6.45, 7) is 0. The Morgan fingerprint density at radius 3 is 1.96 bits per heavy atom. The van der Waals surface area contributed by atoms with Crippen molar-refractivity contribution >= 4 is 27.5 Å². The number of alkyl halides is 6. The fraction of sp³-hybridized carbons (Fsp3) is 0.118. The smallest absolute Gasteiger partial charge is 0.417 e. The maximum absolute atomic E-state index is 13.4. The van der Waals surface area contributed by atoms with Crippen LogP contribution < -0.4 is 0 Å². The molecule has 0 amide bonds. The molecule has 1 N–H and O–H groups in total. The summed E-state index contributed by atoms with van der Waals surface area (Å²) >= 11 is 0. The van der Waals surface area contributed by atoms with Gasteiger partial charge in [-0.2, -0.15) is 26.3 Å². The van der Waals surface area contributed by atoms with Crippen LogP contribution in [0.25, 0.3) is 21.5 Å². The highest BCUT2D eigenvalue weighted by molar-refractivity contribution is 6.16. The maximum atomic E-state index is 13.4. The average Bonchev–Trinajstić information content (AvgIpc) is 2.51. The molecule has 2 nitrogen and oxygen atoms in total. The Morgan fingerprint density at radius 2 is 1.44 bits per heavy atom. The van der Waals surface area contributed by atoms with E-state index >= 15 is 0 Å². The highest BCUT2D eigenvalue weighted by Crippen LogP contribution is 2.43. The molecule has 0 bridgehead atoms. The standard InChI is InChI=1S/C17H8F6O2/c18-16(19,20)9-5-8-6-12(15(24)25)10-3-1-2-4-11(10)14(8)13(7-9)17(21,22)23/h1-7H,(H,24,25). The van der Waals surface area contributed by atoms with Gasteiger partial charge in [0.05, 0.1) is 16.7 Å². The molecular formula is C17H8F6O2. The Balaban J connectivity index is 2.59. The van der Waals surface area contributed by atoms with E-state index in [-0.39, 0.29) is 22.4 Å². The van der Waals surface area contributed by atoms with Crippen molar-refractivity contribution in [3.8, 4) is 0 Å². The summed E-state index contributed by atoms with van der Waals surface area (Å²) in [5.74, 6) is -1.44. The lowest BCUT2D eigenvalue weighted by Gasteiger charge is -2.17. The Kier molecular flexibility index (Phi) is 3.66. The SMILES string of the molecule is O=C(O)c1cc2cc(C(F)(F)F)cc(C(F)(F)F)c2c2ccccc12. The Hall–Kier alpha value is -2.77. The predicted molar refractivity (Wildman–Crippen MR) is 78.4 cm³/mol. The molecule has 0 heterocycles. The van der Waals surface area contributed by atoms with E-state index in [1.165, 1.54) is 24.3 Å². The summed E-state index contributed by atoms with van der Waals surface area (Å²) in [5.41, 5.74) is -3.31. The monoisotopic (exact) mass is 358 g/mol. The van der Waals surface area contributed by atoms with Gasteiger partial charge in [0, 0.05) is 5.39 Å². The summed E-state index contributed by atoms with van der Waals surface area (Å²) in [4.78, 5) is 11.4. The van der Waals surface area contributed by atoms with Crippen molar-refractivity contribution in [2.45, 2.75) is 12.4 Å². The van der Waals surface area contributed by atoms with E-state index in [4.69, 9.17) is 0 Å². The van der Waals surface area contributed by atoms with E-state index in [1.807, 2.05) is 0 Å². The van der Waals surface area contributed by atoms with Crippen LogP contribution in [0.4, 0.5) is 26.3 Å². The molecule has 3 aromatic carbocycles. The van der Waals surface area contributed by atoms with Gasteiger partial charge in [0.1, 0.15) is 0 Å². The Labute approximate surface area is 136 Å². The average molecular weight is 358 g/mol. The molecule has 0 unspecified atom stereocenters. The molecule has 0 aliphatic heterocycles. The van der Waals surface area contributed by atoms with E-state index in [1.54, 1.807) is 0 Å². The van der Waals surface area contributed by atoms with Gasteiger partial charge in [-0.1, -0.05) is 24.3 Å². The number of fused-ring (bicyclic) bond motifs is 3. The fourth-order valence-corrected chi connectivity index (χ4v) is 2.81. The van der Waals surface area contributed by atoms with Crippen LogP contribution in [0, 0.1) is 0 Å². The lowest BCUT2D eigenvalue weighted by molar-refractivity contribution is -0.142. The molecule has 0 aliphatic carbocycles. The third-order valence-electron chi connectivity index (χ3n) is 3.82. The second kappa shape index (κ2) is 5.37. The summed E-state index contributed by atoms with van der Waals surface area (Å²) in [6, 6.07) is 6.83. The second-order valence-corrected chi connectivity index (χ2v) is 5.39. The maximum Gasteiger partial charge on any atom is 0.417 e. The van der Waals surface area contributed by atoms with E-state index in [2.05, 4.69) is 0 Å². The van der Waals surface area contributed by atoms with Crippen LogP contribution in [0.2, 0.25) is 0 Å². The molecule has 8 heteroatoms. The van der Waals surface area contributed by atoms with Gasteiger partial charge in [0.2, 0.25) is 0 Å². The quantitative estimate of drug-likeness (QED) is 0.446. The van der Waals surface area contributed by atoms with Crippen molar-refractivity contribution in [2.75, 3.05) is 0 Å². The van der Waals surface area contributed by atoms with Gasteiger partial charge in [-0.15, -0.1) is 0 Å². The number of hydrogen-bond donors (Lipinski definition) is 1. The third-order valence-corrected chi connectivity index (χ3v) is 3.82. The third kappa shape index (κ3) is 2.88. The lowest BCUT2D eigenvalue weighted by Crippen LogP contribution is -2.12. The molecule has 0 saturated carbocycles.